The van der Waals surface area contributed by atoms with Gasteiger partial charge in [0.05, 0.1) is 20.1 Å². The number of likely N-dealkylation sites (tertiary alicyclic amines) is 2. The van der Waals surface area contributed by atoms with Gasteiger partial charge in [-0.2, -0.15) is 0 Å². The normalized spacial score (nSPS) is 23.0. The first-order valence-corrected chi connectivity index (χ1v) is 9.31. The summed E-state index contributed by atoms with van der Waals surface area (Å²) in [4.78, 5) is 29.0. The Hall–Kier alpha value is -2.24. The molecule has 2 aliphatic heterocycles. The highest BCUT2D eigenvalue weighted by Gasteiger charge is 2.42. The molecule has 142 valence electrons. The van der Waals surface area contributed by atoms with Gasteiger partial charge in [-0.3, -0.25) is 9.59 Å². The van der Waals surface area contributed by atoms with Crippen molar-refractivity contribution in [3.05, 3.63) is 23.8 Å². The molecular weight excluding hydrogens is 332 g/mol. The molecule has 0 bridgehead atoms. The molecule has 0 aromatic heterocycles. The first-order chi connectivity index (χ1) is 12.5. The maximum absolute atomic E-state index is 13.2. The quantitative estimate of drug-likeness (QED) is 0.827. The van der Waals surface area contributed by atoms with Crippen LogP contribution in [0.4, 0.5) is 0 Å². The van der Waals surface area contributed by atoms with E-state index in [0.29, 0.717) is 13.1 Å². The number of methoxy groups -OCH3 is 2. The van der Waals surface area contributed by atoms with Crippen LogP contribution < -0.4 is 9.47 Å². The Kier molecular flexibility index (Phi) is 5.69. The highest BCUT2D eigenvalue weighted by molar-refractivity contribution is 5.83. The van der Waals surface area contributed by atoms with Crippen LogP contribution in [0.25, 0.3) is 0 Å². The van der Waals surface area contributed by atoms with Crippen molar-refractivity contribution in [3.8, 4) is 11.5 Å². The topological polar surface area (TPSA) is 59.1 Å². The van der Waals surface area contributed by atoms with E-state index in [4.69, 9.17) is 9.47 Å². The van der Waals surface area contributed by atoms with Crippen molar-refractivity contribution in [2.45, 2.75) is 32.1 Å². The molecule has 26 heavy (non-hydrogen) atoms. The predicted molar refractivity (Wildman–Crippen MR) is 98.5 cm³/mol. The molecule has 3 rings (SSSR count). The maximum atomic E-state index is 13.2. The van der Waals surface area contributed by atoms with Gasteiger partial charge in [-0.1, -0.05) is 0 Å². The van der Waals surface area contributed by atoms with Gasteiger partial charge in [0, 0.05) is 44.6 Å². The van der Waals surface area contributed by atoms with Gasteiger partial charge >= 0.3 is 0 Å². The van der Waals surface area contributed by atoms with Crippen molar-refractivity contribution >= 4 is 11.8 Å². The first-order valence-electron chi connectivity index (χ1n) is 9.31. The van der Waals surface area contributed by atoms with Crippen LogP contribution in [0.2, 0.25) is 0 Å². The van der Waals surface area contributed by atoms with Gasteiger partial charge < -0.3 is 19.3 Å². The zero-order valence-corrected chi connectivity index (χ0v) is 15.9. The summed E-state index contributed by atoms with van der Waals surface area (Å²) in [6, 6.07) is 5.65. The number of carbonyl (C=O) groups excluding carboxylic acids is 2. The van der Waals surface area contributed by atoms with Gasteiger partial charge in [0.25, 0.3) is 0 Å². The molecule has 0 spiro atoms. The molecule has 0 N–H and O–H groups in total. The fraction of sp³-hybridized carbons (Fsp3) is 0.600. The number of benzene rings is 1. The van der Waals surface area contributed by atoms with E-state index < -0.39 is 0 Å². The molecule has 2 atom stereocenters. The highest BCUT2D eigenvalue weighted by atomic mass is 16.5. The number of nitrogens with zero attached hydrogens (tertiary/aromatic N) is 2. The molecule has 2 aliphatic rings. The largest absolute Gasteiger partial charge is 0.497 e. The lowest BCUT2D eigenvalue weighted by molar-refractivity contribution is -0.136. The minimum absolute atomic E-state index is 0.00538. The van der Waals surface area contributed by atoms with Crippen LogP contribution in [0.3, 0.4) is 0 Å². The zero-order chi connectivity index (χ0) is 18.7. The molecule has 2 amide bonds. The Labute approximate surface area is 155 Å². The maximum Gasteiger partial charge on any atom is 0.228 e. The van der Waals surface area contributed by atoms with Crippen molar-refractivity contribution in [3.63, 3.8) is 0 Å². The molecular formula is C20H28N2O4. The Morgan fingerprint density at radius 1 is 1.00 bits per heavy atom. The minimum Gasteiger partial charge on any atom is -0.497 e. The van der Waals surface area contributed by atoms with Crippen molar-refractivity contribution in [2.24, 2.45) is 5.92 Å². The summed E-state index contributed by atoms with van der Waals surface area (Å²) in [6.45, 7) is 4.20. The third-order valence-corrected chi connectivity index (χ3v) is 5.59. The molecule has 2 fully saturated rings. The van der Waals surface area contributed by atoms with Crippen LogP contribution in [0.5, 0.6) is 11.5 Å². The fourth-order valence-electron chi connectivity index (χ4n) is 4.10. The summed E-state index contributed by atoms with van der Waals surface area (Å²) < 4.78 is 10.9. The summed E-state index contributed by atoms with van der Waals surface area (Å²) in [5.74, 6) is 1.30. The number of hydrogen-bond donors (Lipinski definition) is 0. The Bertz CT molecular complexity index is 670. The summed E-state index contributed by atoms with van der Waals surface area (Å²) in [5, 5.41) is 0. The van der Waals surface area contributed by atoms with E-state index in [1.165, 1.54) is 6.42 Å². The molecule has 0 saturated carbocycles. The smallest absolute Gasteiger partial charge is 0.228 e. The van der Waals surface area contributed by atoms with Crippen LogP contribution in [0, 0.1) is 5.92 Å². The predicted octanol–water partition coefficient (Wildman–Crippen LogP) is 2.28. The van der Waals surface area contributed by atoms with Gasteiger partial charge in [0.1, 0.15) is 11.5 Å². The minimum atomic E-state index is -0.238. The second-order valence-corrected chi connectivity index (χ2v) is 7.13. The molecule has 0 aliphatic carbocycles. The van der Waals surface area contributed by atoms with Crippen molar-refractivity contribution in [1.82, 2.24) is 9.80 Å². The molecule has 6 heteroatoms. The van der Waals surface area contributed by atoms with Gasteiger partial charge in [0.15, 0.2) is 0 Å². The average Bonchev–Trinajstić information content (AvgIpc) is 3.13. The van der Waals surface area contributed by atoms with E-state index >= 15 is 0 Å². The van der Waals surface area contributed by atoms with Crippen molar-refractivity contribution in [2.75, 3.05) is 40.4 Å². The molecule has 2 heterocycles. The van der Waals surface area contributed by atoms with Crippen molar-refractivity contribution in [1.29, 1.82) is 0 Å². The summed E-state index contributed by atoms with van der Waals surface area (Å²) in [5.41, 5.74) is 0.936. The SMILES string of the molecule is COc1ccc(OC)c(C2CN(C(C)=O)CC2C(=O)N2CCCCC2)c1. The number of hydrogen-bond acceptors (Lipinski definition) is 4. The van der Waals surface area contributed by atoms with E-state index in [1.807, 2.05) is 23.1 Å². The number of carbonyl (C=O) groups is 2. The zero-order valence-electron chi connectivity index (χ0n) is 15.9. The second kappa shape index (κ2) is 7.98. The van der Waals surface area contributed by atoms with Gasteiger partial charge in [0.2, 0.25) is 11.8 Å². The third kappa shape index (κ3) is 3.64. The van der Waals surface area contributed by atoms with E-state index in [9.17, 15) is 9.59 Å². The highest BCUT2D eigenvalue weighted by Crippen LogP contribution is 2.40. The lowest BCUT2D eigenvalue weighted by Gasteiger charge is -2.31. The molecule has 6 nitrogen and oxygen atoms in total. The summed E-state index contributed by atoms with van der Waals surface area (Å²) >= 11 is 0. The van der Waals surface area contributed by atoms with E-state index in [-0.39, 0.29) is 23.7 Å². The molecule has 1 aromatic rings. The standard InChI is InChI=1S/C20H28N2O4/c1-14(23)22-12-17(16-11-15(25-2)7-8-19(16)26-3)18(13-22)20(24)21-9-5-4-6-10-21/h7-8,11,17-18H,4-6,9-10,12-13H2,1-3H3. The molecule has 2 saturated heterocycles. The van der Waals surface area contributed by atoms with E-state index in [0.717, 1.165) is 43.0 Å². The van der Waals surface area contributed by atoms with Crippen molar-refractivity contribution < 1.29 is 19.1 Å². The Morgan fingerprint density at radius 3 is 2.35 bits per heavy atom. The van der Waals surface area contributed by atoms with Crippen LogP contribution in [0.1, 0.15) is 37.7 Å². The number of amides is 2. The summed E-state index contributed by atoms with van der Waals surface area (Å²) in [6.07, 6.45) is 3.30. The van der Waals surface area contributed by atoms with Gasteiger partial charge in [-0.25, -0.2) is 0 Å². The second-order valence-electron chi connectivity index (χ2n) is 7.13. The third-order valence-electron chi connectivity index (χ3n) is 5.59. The Balaban J connectivity index is 1.93. The monoisotopic (exact) mass is 360 g/mol. The van der Waals surface area contributed by atoms with E-state index in [1.54, 1.807) is 26.0 Å². The lowest BCUT2D eigenvalue weighted by atomic mass is 9.86. The van der Waals surface area contributed by atoms with E-state index in [2.05, 4.69) is 0 Å². The number of rotatable bonds is 4. The van der Waals surface area contributed by atoms with Gasteiger partial charge in [-0.05, 0) is 37.5 Å². The molecule has 0 radical (unpaired) electrons. The van der Waals surface area contributed by atoms with Crippen LogP contribution in [0.15, 0.2) is 18.2 Å². The lowest BCUT2D eigenvalue weighted by Crippen LogP contribution is -2.42. The number of ether oxygens (including phenoxy) is 2. The van der Waals surface area contributed by atoms with Crippen LogP contribution in [-0.2, 0) is 9.59 Å². The fourth-order valence-corrected chi connectivity index (χ4v) is 4.10. The van der Waals surface area contributed by atoms with Crippen LogP contribution >= 0.6 is 0 Å². The molecule has 2 unspecified atom stereocenters. The average molecular weight is 360 g/mol. The van der Waals surface area contributed by atoms with Crippen LogP contribution in [-0.4, -0.2) is 62.0 Å². The van der Waals surface area contributed by atoms with Gasteiger partial charge in [-0.15, -0.1) is 0 Å². The summed E-state index contributed by atoms with van der Waals surface area (Å²) in [7, 11) is 3.25. The first kappa shape index (κ1) is 18.5. The number of piperidine rings is 1. The Morgan fingerprint density at radius 2 is 1.73 bits per heavy atom. The molecule has 1 aromatic carbocycles.